The Labute approximate surface area is 107 Å². The standard InChI is InChI=1S/C13H18N4O/c1-3-6-17(10-13(18)15-2)9-11-4-5-16-12(7-11)8-14/h4-5,7H,3,6,9-10H2,1-2H3,(H,15,18). The molecule has 0 aliphatic rings. The van der Waals surface area contributed by atoms with Crippen LogP contribution in [0.1, 0.15) is 24.6 Å². The van der Waals surface area contributed by atoms with Crippen LogP contribution in [0.2, 0.25) is 0 Å². The van der Waals surface area contributed by atoms with Crippen molar-refractivity contribution in [1.82, 2.24) is 15.2 Å². The van der Waals surface area contributed by atoms with Crippen LogP contribution in [0.4, 0.5) is 0 Å². The van der Waals surface area contributed by atoms with E-state index in [0.717, 1.165) is 18.5 Å². The van der Waals surface area contributed by atoms with Gasteiger partial charge < -0.3 is 5.32 Å². The van der Waals surface area contributed by atoms with Gasteiger partial charge in [-0.2, -0.15) is 5.26 Å². The molecule has 1 aromatic heterocycles. The van der Waals surface area contributed by atoms with Crippen LogP contribution < -0.4 is 5.32 Å². The molecule has 1 aromatic rings. The lowest BCUT2D eigenvalue weighted by Gasteiger charge is -2.20. The zero-order valence-corrected chi connectivity index (χ0v) is 10.8. The fourth-order valence-electron chi connectivity index (χ4n) is 1.70. The lowest BCUT2D eigenvalue weighted by molar-refractivity contribution is -0.121. The molecule has 0 radical (unpaired) electrons. The highest BCUT2D eigenvalue weighted by atomic mass is 16.1. The minimum Gasteiger partial charge on any atom is -0.358 e. The monoisotopic (exact) mass is 246 g/mol. The van der Waals surface area contributed by atoms with Crippen LogP contribution in [0.15, 0.2) is 18.3 Å². The van der Waals surface area contributed by atoms with Gasteiger partial charge in [0.1, 0.15) is 11.8 Å². The summed E-state index contributed by atoms with van der Waals surface area (Å²) in [6.45, 7) is 3.94. The molecule has 0 unspecified atom stereocenters. The highest BCUT2D eigenvalue weighted by molar-refractivity contribution is 5.77. The Morgan fingerprint density at radius 1 is 1.61 bits per heavy atom. The second kappa shape index (κ2) is 7.41. The molecule has 0 spiro atoms. The molecule has 0 aliphatic carbocycles. The highest BCUT2D eigenvalue weighted by Crippen LogP contribution is 2.06. The summed E-state index contributed by atoms with van der Waals surface area (Å²) in [5.41, 5.74) is 1.41. The Bertz CT molecular complexity index is 439. The van der Waals surface area contributed by atoms with Crippen LogP contribution in [-0.2, 0) is 11.3 Å². The number of nitrogens with zero attached hydrogens (tertiary/aromatic N) is 3. The number of likely N-dealkylation sites (N-methyl/N-ethyl adjacent to an activating group) is 1. The van der Waals surface area contributed by atoms with Crippen LogP contribution in [0.3, 0.4) is 0 Å². The summed E-state index contributed by atoms with van der Waals surface area (Å²) in [6, 6.07) is 5.64. The molecular formula is C13H18N4O. The lowest BCUT2D eigenvalue weighted by atomic mass is 10.2. The van der Waals surface area contributed by atoms with Crippen molar-refractivity contribution in [2.24, 2.45) is 0 Å². The summed E-state index contributed by atoms with van der Waals surface area (Å²) >= 11 is 0. The topological polar surface area (TPSA) is 69.0 Å². The van der Waals surface area contributed by atoms with Gasteiger partial charge in [0.05, 0.1) is 6.54 Å². The Hall–Kier alpha value is -1.93. The number of nitriles is 1. The van der Waals surface area contributed by atoms with Gasteiger partial charge in [0.2, 0.25) is 5.91 Å². The molecule has 0 bridgehead atoms. The smallest absolute Gasteiger partial charge is 0.233 e. The largest absolute Gasteiger partial charge is 0.358 e. The molecule has 0 saturated heterocycles. The quantitative estimate of drug-likeness (QED) is 0.810. The maximum atomic E-state index is 11.4. The van der Waals surface area contributed by atoms with E-state index < -0.39 is 0 Å². The number of carbonyl (C=O) groups excluding carboxylic acids is 1. The normalized spacial score (nSPS) is 10.1. The van der Waals surface area contributed by atoms with Gasteiger partial charge in [-0.1, -0.05) is 6.92 Å². The van der Waals surface area contributed by atoms with E-state index >= 15 is 0 Å². The summed E-state index contributed by atoms with van der Waals surface area (Å²) in [7, 11) is 1.63. The first-order chi connectivity index (χ1) is 8.69. The average molecular weight is 246 g/mol. The van der Waals surface area contributed by atoms with E-state index in [1.165, 1.54) is 0 Å². The molecule has 1 amide bonds. The van der Waals surface area contributed by atoms with E-state index in [1.807, 2.05) is 12.1 Å². The minimum atomic E-state index is -0.00184. The first-order valence-electron chi connectivity index (χ1n) is 5.97. The predicted octanol–water partition coefficient (Wildman–Crippen LogP) is 0.911. The van der Waals surface area contributed by atoms with Crippen LogP contribution in [-0.4, -0.2) is 35.9 Å². The van der Waals surface area contributed by atoms with Crippen molar-refractivity contribution in [2.75, 3.05) is 20.1 Å². The molecular weight excluding hydrogens is 228 g/mol. The van der Waals surface area contributed by atoms with E-state index in [0.29, 0.717) is 18.8 Å². The summed E-state index contributed by atoms with van der Waals surface area (Å²) < 4.78 is 0. The Kier molecular flexibility index (Phi) is 5.81. The van der Waals surface area contributed by atoms with Crippen LogP contribution >= 0.6 is 0 Å². The molecule has 5 nitrogen and oxygen atoms in total. The molecule has 0 aliphatic heterocycles. The fraction of sp³-hybridized carbons (Fsp3) is 0.462. The first kappa shape index (κ1) is 14.1. The third-order valence-corrected chi connectivity index (χ3v) is 2.53. The van der Waals surface area contributed by atoms with Crippen molar-refractivity contribution in [3.05, 3.63) is 29.6 Å². The van der Waals surface area contributed by atoms with Crippen LogP contribution in [0.5, 0.6) is 0 Å². The molecule has 1 N–H and O–H groups in total. The number of carbonyl (C=O) groups is 1. The second-order valence-electron chi connectivity index (χ2n) is 4.04. The van der Waals surface area contributed by atoms with Gasteiger partial charge in [-0.25, -0.2) is 4.98 Å². The van der Waals surface area contributed by atoms with Gasteiger partial charge in [-0.15, -0.1) is 0 Å². The Morgan fingerprint density at radius 3 is 3.00 bits per heavy atom. The molecule has 0 saturated carbocycles. The van der Waals surface area contributed by atoms with Crippen LogP contribution in [0.25, 0.3) is 0 Å². The second-order valence-corrected chi connectivity index (χ2v) is 4.04. The first-order valence-corrected chi connectivity index (χ1v) is 5.97. The van der Waals surface area contributed by atoms with Crippen molar-refractivity contribution in [3.8, 4) is 6.07 Å². The van der Waals surface area contributed by atoms with Crippen molar-refractivity contribution in [2.45, 2.75) is 19.9 Å². The van der Waals surface area contributed by atoms with Gasteiger partial charge in [0, 0.05) is 19.8 Å². The molecule has 0 aromatic carbocycles. The highest BCUT2D eigenvalue weighted by Gasteiger charge is 2.09. The fourth-order valence-corrected chi connectivity index (χ4v) is 1.70. The maximum Gasteiger partial charge on any atom is 0.233 e. The average Bonchev–Trinajstić information content (AvgIpc) is 2.39. The van der Waals surface area contributed by atoms with Crippen molar-refractivity contribution in [1.29, 1.82) is 5.26 Å². The number of hydrogen-bond acceptors (Lipinski definition) is 4. The molecule has 0 atom stereocenters. The number of nitrogens with one attached hydrogen (secondary N) is 1. The summed E-state index contributed by atoms with van der Waals surface area (Å²) in [5.74, 6) is -0.00184. The van der Waals surface area contributed by atoms with E-state index in [2.05, 4.69) is 22.1 Å². The zero-order valence-electron chi connectivity index (χ0n) is 10.8. The summed E-state index contributed by atoms with van der Waals surface area (Å²) in [5, 5.41) is 11.4. The van der Waals surface area contributed by atoms with E-state index in [9.17, 15) is 4.79 Å². The van der Waals surface area contributed by atoms with Crippen molar-refractivity contribution in [3.63, 3.8) is 0 Å². The van der Waals surface area contributed by atoms with E-state index in [-0.39, 0.29) is 5.91 Å². The number of pyridine rings is 1. The Morgan fingerprint density at radius 2 is 2.39 bits per heavy atom. The zero-order chi connectivity index (χ0) is 13.4. The molecule has 0 fully saturated rings. The third-order valence-electron chi connectivity index (χ3n) is 2.53. The molecule has 1 rings (SSSR count). The SMILES string of the molecule is CCCN(CC(=O)NC)Cc1ccnc(C#N)c1. The van der Waals surface area contributed by atoms with Gasteiger partial charge >= 0.3 is 0 Å². The van der Waals surface area contributed by atoms with Crippen molar-refractivity contribution >= 4 is 5.91 Å². The lowest BCUT2D eigenvalue weighted by Crippen LogP contribution is -2.35. The van der Waals surface area contributed by atoms with Gasteiger partial charge in [0.25, 0.3) is 0 Å². The third kappa shape index (κ3) is 4.52. The van der Waals surface area contributed by atoms with Gasteiger partial charge in [-0.3, -0.25) is 9.69 Å². The number of rotatable bonds is 6. The van der Waals surface area contributed by atoms with Crippen molar-refractivity contribution < 1.29 is 4.79 Å². The summed E-state index contributed by atoms with van der Waals surface area (Å²) in [6.07, 6.45) is 2.60. The minimum absolute atomic E-state index is 0.00184. The summed E-state index contributed by atoms with van der Waals surface area (Å²) in [4.78, 5) is 17.4. The molecule has 96 valence electrons. The number of hydrogen-bond donors (Lipinski definition) is 1. The number of amides is 1. The maximum absolute atomic E-state index is 11.4. The Balaban J connectivity index is 2.70. The molecule has 18 heavy (non-hydrogen) atoms. The molecule has 5 heteroatoms. The predicted molar refractivity (Wildman–Crippen MR) is 68.6 cm³/mol. The van der Waals surface area contributed by atoms with Crippen LogP contribution in [0, 0.1) is 11.3 Å². The van der Waals surface area contributed by atoms with Gasteiger partial charge in [-0.05, 0) is 30.7 Å². The number of aromatic nitrogens is 1. The van der Waals surface area contributed by atoms with E-state index in [1.54, 1.807) is 19.3 Å². The molecule has 1 heterocycles. The van der Waals surface area contributed by atoms with E-state index in [4.69, 9.17) is 5.26 Å². The van der Waals surface area contributed by atoms with Gasteiger partial charge in [0.15, 0.2) is 0 Å².